The van der Waals surface area contributed by atoms with Gasteiger partial charge in [0, 0.05) is 4.47 Å². The van der Waals surface area contributed by atoms with E-state index in [0.717, 1.165) is 5.56 Å². The fraction of sp³-hybridized carbons (Fsp3) is 0.143. The lowest BCUT2D eigenvalue weighted by Gasteiger charge is -2.17. The molecule has 0 aromatic heterocycles. The van der Waals surface area contributed by atoms with Gasteiger partial charge in [0.05, 0.1) is 6.04 Å². The zero-order chi connectivity index (χ0) is 13.8. The van der Waals surface area contributed by atoms with E-state index in [0.29, 0.717) is 16.5 Å². The highest BCUT2D eigenvalue weighted by molar-refractivity contribution is 9.10. The summed E-state index contributed by atoms with van der Waals surface area (Å²) in [6.45, 7) is 0. The molecule has 0 aliphatic rings. The third-order valence-electron chi connectivity index (χ3n) is 2.82. The quantitative estimate of drug-likeness (QED) is 0.667. The number of hydrogen-bond donors (Lipinski definition) is 2. The zero-order valence-electron chi connectivity index (χ0n) is 10.0. The third kappa shape index (κ3) is 3.83. The maximum Gasteiger partial charge on any atom is 0.124 e. The van der Waals surface area contributed by atoms with Crippen molar-refractivity contribution in [1.82, 2.24) is 5.43 Å². The van der Waals surface area contributed by atoms with Crippen molar-refractivity contribution >= 4 is 15.9 Å². The van der Waals surface area contributed by atoms with E-state index in [9.17, 15) is 8.78 Å². The Morgan fingerprint density at radius 3 is 2.53 bits per heavy atom. The monoisotopic (exact) mass is 326 g/mol. The van der Waals surface area contributed by atoms with Gasteiger partial charge in [0.25, 0.3) is 0 Å². The summed E-state index contributed by atoms with van der Waals surface area (Å²) in [4.78, 5) is 0. The molecule has 2 nitrogen and oxygen atoms in total. The first kappa shape index (κ1) is 14.1. The number of rotatable bonds is 4. The number of nitrogens with one attached hydrogen (secondary N) is 1. The van der Waals surface area contributed by atoms with Crippen LogP contribution in [0.4, 0.5) is 8.78 Å². The van der Waals surface area contributed by atoms with Gasteiger partial charge in [0.15, 0.2) is 0 Å². The second-order valence-electron chi connectivity index (χ2n) is 4.26. The van der Waals surface area contributed by atoms with E-state index in [4.69, 9.17) is 5.84 Å². The maximum atomic E-state index is 13.4. The Kier molecular flexibility index (Phi) is 4.63. The molecule has 0 aliphatic carbocycles. The van der Waals surface area contributed by atoms with Gasteiger partial charge in [-0.15, -0.1) is 0 Å². The molecular weight excluding hydrogens is 314 g/mol. The zero-order valence-corrected chi connectivity index (χ0v) is 11.6. The Morgan fingerprint density at radius 1 is 1.11 bits per heavy atom. The standard InChI is InChI=1S/C14H13BrF2N2/c15-11-6-10(7-13(17)8-11)14(19-18)5-9-2-1-3-12(16)4-9/h1-4,6-8,14,19H,5,18H2. The summed E-state index contributed by atoms with van der Waals surface area (Å²) in [6, 6.07) is 10.6. The van der Waals surface area contributed by atoms with Crippen molar-refractivity contribution < 1.29 is 8.78 Å². The number of nitrogens with two attached hydrogens (primary N) is 1. The fourth-order valence-corrected chi connectivity index (χ4v) is 2.43. The van der Waals surface area contributed by atoms with E-state index >= 15 is 0 Å². The number of hydrazine groups is 1. The molecule has 0 saturated heterocycles. The van der Waals surface area contributed by atoms with Crippen LogP contribution < -0.4 is 11.3 Å². The predicted molar refractivity (Wildman–Crippen MR) is 74.3 cm³/mol. The summed E-state index contributed by atoms with van der Waals surface area (Å²) in [5.41, 5.74) is 4.13. The van der Waals surface area contributed by atoms with Crippen LogP contribution in [0.3, 0.4) is 0 Å². The normalized spacial score (nSPS) is 12.4. The van der Waals surface area contributed by atoms with E-state index in [1.165, 1.54) is 24.3 Å². The van der Waals surface area contributed by atoms with Crippen LogP contribution in [0.25, 0.3) is 0 Å². The minimum Gasteiger partial charge on any atom is -0.271 e. The van der Waals surface area contributed by atoms with Gasteiger partial charge in [-0.05, 0) is 47.9 Å². The number of benzene rings is 2. The predicted octanol–water partition coefficient (Wildman–Crippen LogP) is 3.47. The van der Waals surface area contributed by atoms with Crippen molar-refractivity contribution in [2.75, 3.05) is 0 Å². The lowest BCUT2D eigenvalue weighted by Crippen LogP contribution is -2.29. The van der Waals surface area contributed by atoms with Crippen LogP contribution in [-0.2, 0) is 6.42 Å². The molecule has 19 heavy (non-hydrogen) atoms. The van der Waals surface area contributed by atoms with Gasteiger partial charge in [0.2, 0.25) is 0 Å². The fourth-order valence-electron chi connectivity index (χ4n) is 1.95. The molecule has 5 heteroatoms. The van der Waals surface area contributed by atoms with Crippen LogP contribution in [0.15, 0.2) is 46.9 Å². The molecule has 0 bridgehead atoms. The third-order valence-corrected chi connectivity index (χ3v) is 3.28. The first-order chi connectivity index (χ1) is 9.08. The SMILES string of the molecule is NNC(Cc1cccc(F)c1)c1cc(F)cc(Br)c1. The Balaban J connectivity index is 2.24. The van der Waals surface area contributed by atoms with E-state index in [-0.39, 0.29) is 17.7 Å². The topological polar surface area (TPSA) is 38.0 Å². The molecule has 0 saturated carbocycles. The largest absolute Gasteiger partial charge is 0.271 e. The van der Waals surface area contributed by atoms with Crippen LogP contribution in [0.5, 0.6) is 0 Å². The number of hydrogen-bond acceptors (Lipinski definition) is 2. The molecule has 100 valence electrons. The molecule has 1 atom stereocenters. The van der Waals surface area contributed by atoms with Crippen molar-refractivity contribution in [1.29, 1.82) is 0 Å². The molecule has 2 aromatic rings. The van der Waals surface area contributed by atoms with E-state index in [1.54, 1.807) is 12.1 Å². The molecule has 1 unspecified atom stereocenters. The van der Waals surface area contributed by atoms with Crippen molar-refractivity contribution in [3.63, 3.8) is 0 Å². The minimum atomic E-state index is -0.344. The van der Waals surface area contributed by atoms with Crippen molar-refractivity contribution in [2.24, 2.45) is 5.84 Å². The van der Waals surface area contributed by atoms with Crippen LogP contribution in [0, 0.1) is 11.6 Å². The highest BCUT2D eigenvalue weighted by Gasteiger charge is 2.12. The first-order valence-corrected chi connectivity index (χ1v) is 6.54. The van der Waals surface area contributed by atoms with Crippen LogP contribution in [-0.4, -0.2) is 0 Å². The summed E-state index contributed by atoms with van der Waals surface area (Å²) in [6.07, 6.45) is 0.476. The molecule has 3 N–H and O–H groups in total. The highest BCUT2D eigenvalue weighted by atomic mass is 79.9. The van der Waals surface area contributed by atoms with Gasteiger partial charge in [-0.1, -0.05) is 28.1 Å². The van der Waals surface area contributed by atoms with Gasteiger partial charge in [0.1, 0.15) is 11.6 Å². The minimum absolute atomic E-state index is 0.284. The second kappa shape index (κ2) is 6.23. The molecule has 0 heterocycles. The summed E-state index contributed by atoms with van der Waals surface area (Å²) >= 11 is 3.24. The average molecular weight is 327 g/mol. The molecule has 0 radical (unpaired) electrons. The van der Waals surface area contributed by atoms with Gasteiger partial charge >= 0.3 is 0 Å². The summed E-state index contributed by atoms with van der Waals surface area (Å²) in [5, 5.41) is 0. The molecule has 0 aliphatic heterocycles. The molecular formula is C14H13BrF2N2. The van der Waals surface area contributed by atoms with E-state index in [1.807, 2.05) is 6.07 Å². The smallest absolute Gasteiger partial charge is 0.124 e. The molecule has 2 rings (SSSR count). The molecule has 0 amide bonds. The van der Waals surface area contributed by atoms with Gasteiger partial charge < -0.3 is 0 Å². The molecule has 2 aromatic carbocycles. The Hall–Kier alpha value is -1.30. The van der Waals surface area contributed by atoms with Crippen LogP contribution >= 0.6 is 15.9 Å². The Labute approximate surface area is 118 Å². The van der Waals surface area contributed by atoms with Crippen molar-refractivity contribution in [3.8, 4) is 0 Å². The van der Waals surface area contributed by atoms with Crippen molar-refractivity contribution in [2.45, 2.75) is 12.5 Å². The van der Waals surface area contributed by atoms with Crippen molar-refractivity contribution in [3.05, 3.63) is 69.7 Å². The highest BCUT2D eigenvalue weighted by Crippen LogP contribution is 2.23. The van der Waals surface area contributed by atoms with Gasteiger partial charge in [-0.25, -0.2) is 8.78 Å². The average Bonchev–Trinajstić information content (AvgIpc) is 2.34. The van der Waals surface area contributed by atoms with E-state index in [2.05, 4.69) is 21.4 Å². The first-order valence-electron chi connectivity index (χ1n) is 5.75. The summed E-state index contributed by atoms with van der Waals surface area (Å²) in [5.74, 6) is 4.87. The molecule has 0 spiro atoms. The lowest BCUT2D eigenvalue weighted by molar-refractivity contribution is 0.541. The Bertz CT molecular complexity index is 555. The summed E-state index contributed by atoms with van der Waals surface area (Å²) in [7, 11) is 0. The van der Waals surface area contributed by atoms with Gasteiger partial charge in [-0.2, -0.15) is 0 Å². The van der Waals surface area contributed by atoms with Crippen LogP contribution in [0.2, 0.25) is 0 Å². The van der Waals surface area contributed by atoms with Gasteiger partial charge in [-0.3, -0.25) is 11.3 Å². The van der Waals surface area contributed by atoms with E-state index < -0.39 is 0 Å². The second-order valence-corrected chi connectivity index (χ2v) is 5.17. The maximum absolute atomic E-state index is 13.4. The van der Waals surface area contributed by atoms with Crippen LogP contribution in [0.1, 0.15) is 17.2 Å². The summed E-state index contributed by atoms with van der Waals surface area (Å²) < 4.78 is 27.1. The number of halogens is 3. The lowest BCUT2D eigenvalue weighted by atomic mass is 9.99. The Morgan fingerprint density at radius 2 is 1.89 bits per heavy atom. The molecule has 0 fully saturated rings.